The topological polar surface area (TPSA) is 108 Å². The molecule has 15 rings (SSSR count). The summed E-state index contributed by atoms with van der Waals surface area (Å²) in [6.45, 7) is 58.0. The Bertz CT molecular complexity index is 5770. The van der Waals surface area contributed by atoms with Crippen LogP contribution in [0.2, 0.25) is 0 Å². The maximum absolute atomic E-state index is 11.4. The van der Waals surface area contributed by atoms with Crippen molar-refractivity contribution in [3.8, 4) is 70.7 Å². The Balaban J connectivity index is 0.000000148. The molecule has 121 heavy (non-hydrogen) atoms. The monoisotopic (exact) mass is 1600 g/mol. The van der Waals surface area contributed by atoms with E-state index in [4.69, 9.17) is 0 Å². The van der Waals surface area contributed by atoms with E-state index in [1.165, 1.54) is 127 Å². The van der Waals surface area contributed by atoms with Crippen molar-refractivity contribution in [2.45, 2.75) is 298 Å². The highest BCUT2D eigenvalue weighted by atomic mass is 16.3. The van der Waals surface area contributed by atoms with Gasteiger partial charge in [0.05, 0.1) is 11.1 Å². The molecule has 7 nitrogen and oxygen atoms in total. The first-order chi connectivity index (χ1) is 56.5. The normalized spacial score (nSPS) is 17.4. The van der Waals surface area contributed by atoms with Crippen molar-refractivity contribution in [3.63, 3.8) is 0 Å². The lowest BCUT2D eigenvalue weighted by Crippen LogP contribution is -2.33. The zero-order chi connectivity index (χ0) is 88.2. The second-order valence-corrected chi connectivity index (χ2v) is 41.4. The number of phenolic OH excluding ortho intramolecular Hbond substituents is 2. The fourth-order valence-electron chi connectivity index (χ4n) is 17.5. The number of hydrogen-bond acceptors (Lipinski definition) is 6. The minimum absolute atomic E-state index is 0.0669. The molecule has 7 heteroatoms. The van der Waals surface area contributed by atoms with Crippen molar-refractivity contribution in [1.29, 1.82) is 0 Å². The molecule has 8 aromatic carbocycles. The number of pyridine rings is 1. The third kappa shape index (κ3) is 22.2. The van der Waals surface area contributed by atoms with Crippen LogP contribution in [-0.4, -0.2) is 31.1 Å². The average molecular weight is 1600 g/mol. The van der Waals surface area contributed by atoms with Crippen molar-refractivity contribution < 1.29 is 15.0 Å². The van der Waals surface area contributed by atoms with E-state index >= 15 is 0 Å². The van der Waals surface area contributed by atoms with E-state index in [9.17, 15) is 15.0 Å². The van der Waals surface area contributed by atoms with Crippen LogP contribution in [0.4, 0.5) is 5.69 Å². The van der Waals surface area contributed by atoms with Gasteiger partial charge in [-0.1, -0.05) is 246 Å². The largest absolute Gasteiger partial charge is 0.508 e. The van der Waals surface area contributed by atoms with E-state index in [0.29, 0.717) is 11.3 Å². The number of nitrogens with zero attached hydrogens (tertiary/aromatic N) is 3. The maximum atomic E-state index is 11.4. The van der Waals surface area contributed by atoms with E-state index < -0.39 is 0 Å². The van der Waals surface area contributed by atoms with Crippen molar-refractivity contribution >= 4 is 11.6 Å². The number of benzene rings is 8. The minimum atomic E-state index is -0.0669. The third-order valence-electron chi connectivity index (χ3n) is 26.6. The molecule has 0 aliphatic heterocycles. The predicted octanol–water partition coefficient (Wildman–Crippen LogP) is 26.3. The van der Waals surface area contributed by atoms with Gasteiger partial charge in [0.2, 0.25) is 5.91 Å². The summed E-state index contributed by atoms with van der Waals surface area (Å²) < 4.78 is 0. The standard InChI is InChI=1S/C25H29NO.2C23H26O.C22H25N.C21H24N2/c1-17-7-8-20(16-23(17)26-18(2)27)10-9-19-11-12-21-22(15-19)25(5,6)14-13-24(21,3)4;1-16-6-9-18(21(24)14-16)10-7-17-8-11-19-20(15-17)23(4,5)13-12-22(19,2)3;1-16-6-7-18(15-21(16)24)9-8-17-10-11-19-20(14-17)23(4,5)13-12-22(19,2)3;1-16-6-9-18(23-15-16)10-7-17-8-11-19-20(14-17)22(4,5)13-12-21(19,2)3;1-15-22-13-17(14-23-15)7-6-16-8-9-18-19(12-16)21(4,5)11-10-20(18,2)3/h7-8,11-12,15-16H,13-14H2,1-6H3,(H,26,27);6,8-9,11,14-15,24H,12-13H2,1-5H3;6-7,10-11,14-15,24H,12-13H2,1-5H3;6,8-9,11,14-15H,12-13H2,1-5H3;8-9,12-14H,10-11H2,1-5H3. The number of rotatable bonds is 1. The van der Waals surface area contributed by atoms with Crippen LogP contribution in [0, 0.1) is 93.8 Å². The molecule has 2 heterocycles. The van der Waals surface area contributed by atoms with Gasteiger partial charge in [-0.05, 0) is 340 Å². The van der Waals surface area contributed by atoms with Crippen LogP contribution in [-0.2, 0) is 58.9 Å². The van der Waals surface area contributed by atoms with Crippen LogP contribution in [0.5, 0.6) is 11.5 Å². The zero-order valence-electron chi connectivity index (χ0n) is 77.5. The number of carbonyl (C=O) groups excluding carboxylic acids is 1. The molecule has 0 bridgehead atoms. The zero-order valence-corrected chi connectivity index (χ0v) is 77.5. The summed E-state index contributed by atoms with van der Waals surface area (Å²) in [7, 11) is 0. The lowest BCUT2D eigenvalue weighted by molar-refractivity contribution is -0.114. The number of aryl methyl sites for hydroxylation is 5. The summed E-state index contributed by atoms with van der Waals surface area (Å²) in [4.78, 5) is 24.1. The smallest absolute Gasteiger partial charge is 0.221 e. The average Bonchev–Trinajstić information content (AvgIpc) is 0.777. The van der Waals surface area contributed by atoms with Gasteiger partial charge in [-0.15, -0.1) is 0 Å². The van der Waals surface area contributed by atoms with Crippen LogP contribution in [0.15, 0.2) is 176 Å². The molecule has 1 amide bonds. The van der Waals surface area contributed by atoms with Gasteiger partial charge in [0, 0.05) is 70.1 Å². The molecule has 0 atom stereocenters. The van der Waals surface area contributed by atoms with E-state index in [2.05, 4.69) is 315 Å². The highest BCUT2D eigenvalue weighted by Crippen LogP contribution is 2.51. The first kappa shape index (κ1) is 90.6. The molecule has 0 radical (unpaired) electrons. The van der Waals surface area contributed by atoms with Gasteiger partial charge in [-0.2, -0.15) is 0 Å². The summed E-state index contributed by atoms with van der Waals surface area (Å²) in [6.07, 6.45) is 17.6. The van der Waals surface area contributed by atoms with E-state index in [-0.39, 0.29) is 65.8 Å². The number of fused-ring (bicyclic) bond motifs is 5. The molecular weight excluding hydrogens is 1470 g/mol. The van der Waals surface area contributed by atoms with Gasteiger partial charge in [-0.3, -0.25) is 4.79 Å². The number of anilines is 1. The molecule has 2 aromatic heterocycles. The Hall–Kier alpha value is -11.1. The van der Waals surface area contributed by atoms with Crippen LogP contribution in [0.3, 0.4) is 0 Å². The highest BCUT2D eigenvalue weighted by molar-refractivity contribution is 5.89. The number of amides is 1. The van der Waals surface area contributed by atoms with Crippen molar-refractivity contribution in [3.05, 3.63) is 316 Å². The number of hydrogen-bond donors (Lipinski definition) is 3. The SMILES string of the molecule is CC(=O)Nc1cc(C#Cc2ccc3c(c2)C(C)(C)CCC3(C)C)ccc1C.Cc1ccc(C#Cc2ccc3c(c2)C(C)(C)CCC3(C)C)c(O)c1.Cc1ccc(C#Cc2ccc3c(c2)C(C)(C)CCC3(C)C)cc1O.Cc1ccc(C#Cc2ccc3c(c2)C(C)(C)CCC3(C)C)nc1.Cc1ncc(C#Cc2ccc3c(c2)C(C)(C)CCC3(C)C)cn1. The number of aromatic hydroxyl groups is 2. The van der Waals surface area contributed by atoms with Gasteiger partial charge in [0.15, 0.2) is 0 Å². The van der Waals surface area contributed by atoms with E-state index in [0.717, 1.165) is 84.0 Å². The second-order valence-electron chi connectivity index (χ2n) is 41.4. The van der Waals surface area contributed by atoms with E-state index in [1.807, 2.05) is 89.3 Å². The van der Waals surface area contributed by atoms with Gasteiger partial charge >= 0.3 is 0 Å². The lowest BCUT2D eigenvalue weighted by atomic mass is 9.63. The lowest BCUT2D eigenvalue weighted by Gasteiger charge is -2.41. The summed E-state index contributed by atoms with van der Waals surface area (Å²) in [5.74, 6) is 33.5. The fraction of sp³-hybridized carbons (Fsp3) is 0.404. The van der Waals surface area contributed by atoms with Crippen LogP contribution in [0.1, 0.15) is 349 Å². The Morgan fingerprint density at radius 3 is 0.893 bits per heavy atom. The molecule has 0 spiro atoms. The Kier molecular flexibility index (Phi) is 26.6. The molecule has 0 fully saturated rings. The minimum Gasteiger partial charge on any atom is -0.508 e. The van der Waals surface area contributed by atoms with Gasteiger partial charge in [0.25, 0.3) is 0 Å². The number of nitrogens with one attached hydrogen (secondary N) is 1. The van der Waals surface area contributed by atoms with Crippen molar-refractivity contribution in [2.75, 3.05) is 5.32 Å². The highest BCUT2D eigenvalue weighted by Gasteiger charge is 2.42. The van der Waals surface area contributed by atoms with Crippen LogP contribution < -0.4 is 5.32 Å². The summed E-state index contributed by atoms with van der Waals surface area (Å²) in [5.41, 5.74) is 31.0. The molecule has 5 aliphatic carbocycles. The molecule has 3 N–H and O–H groups in total. The second kappa shape index (κ2) is 35.5. The molecule has 0 saturated carbocycles. The van der Waals surface area contributed by atoms with Crippen molar-refractivity contribution in [2.24, 2.45) is 0 Å². The Morgan fingerprint density at radius 1 is 0.281 bits per heavy atom. The Labute approximate surface area is 727 Å². The molecule has 10 aromatic rings. The Morgan fingerprint density at radius 2 is 0.570 bits per heavy atom. The van der Waals surface area contributed by atoms with Gasteiger partial charge in [-0.25, -0.2) is 15.0 Å². The molecule has 5 aliphatic rings. The van der Waals surface area contributed by atoms with Gasteiger partial charge in [0.1, 0.15) is 23.0 Å². The first-order valence-electron chi connectivity index (χ1n) is 43.6. The number of aromatic nitrogens is 3. The molecule has 0 unspecified atom stereocenters. The first-order valence-corrected chi connectivity index (χ1v) is 43.6. The van der Waals surface area contributed by atoms with Crippen LogP contribution >= 0.6 is 0 Å². The van der Waals surface area contributed by atoms with Crippen molar-refractivity contribution in [1.82, 2.24) is 15.0 Å². The third-order valence-corrected chi connectivity index (χ3v) is 26.6. The number of carbonyl (C=O) groups is 1. The van der Waals surface area contributed by atoms with Gasteiger partial charge < -0.3 is 15.5 Å². The fourth-order valence-corrected chi connectivity index (χ4v) is 17.5. The maximum Gasteiger partial charge on any atom is 0.221 e. The predicted molar refractivity (Wildman–Crippen MR) is 505 cm³/mol. The molecule has 0 saturated heterocycles. The quantitative estimate of drug-likeness (QED) is 0.141. The summed E-state index contributed by atoms with van der Waals surface area (Å²) in [6, 6.07) is 54.5. The summed E-state index contributed by atoms with van der Waals surface area (Å²) in [5, 5.41) is 22.7. The summed E-state index contributed by atoms with van der Waals surface area (Å²) >= 11 is 0. The molecular formula is C114H130N4O3. The number of phenols is 2. The van der Waals surface area contributed by atoms with Crippen LogP contribution in [0.25, 0.3) is 0 Å². The van der Waals surface area contributed by atoms with E-state index in [1.54, 1.807) is 24.5 Å². The molecule has 624 valence electrons.